The zero-order chi connectivity index (χ0) is 10.7. The van der Waals surface area contributed by atoms with Gasteiger partial charge in [0, 0.05) is 19.1 Å². The average molecular weight is 212 g/mol. The number of amides is 1. The summed E-state index contributed by atoms with van der Waals surface area (Å²) in [5, 5.41) is 6.07. The number of hydrogen-bond acceptors (Lipinski definition) is 3. The first-order chi connectivity index (χ1) is 7.24. The molecule has 0 aromatic carbocycles. The van der Waals surface area contributed by atoms with Gasteiger partial charge in [-0.25, -0.2) is 0 Å². The monoisotopic (exact) mass is 212 g/mol. The van der Waals surface area contributed by atoms with Crippen molar-refractivity contribution in [3.63, 3.8) is 0 Å². The topological polar surface area (TPSA) is 50.4 Å². The molecule has 1 aliphatic carbocycles. The van der Waals surface area contributed by atoms with Crippen molar-refractivity contribution in [2.75, 3.05) is 19.7 Å². The van der Waals surface area contributed by atoms with E-state index in [-0.39, 0.29) is 18.6 Å². The zero-order valence-corrected chi connectivity index (χ0v) is 9.29. The fourth-order valence-corrected chi connectivity index (χ4v) is 1.80. The molecule has 4 nitrogen and oxygen atoms in total. The maximum Gasteiger partial charge on any atom is 0.246 e. The Morgan fingerprint density at radius 2 is 2.27 bits per heavy atom. The lowest BCUT2D eigenvalue weighted by atomic mass is 10.1. The number of ether oxygens (including phenoxy) is 1. The molecule has 0 bridgehead atoms. The first-order valence-corrected chi connectivity index (χ1v) is 5.85. The average Bonchev–Trinajstić information content (AvgIpc) is 2.84. The zero-order valence-electron chi connectivity index (χ0n) is 9.29. The van der Waals surface area contributed by atoms with E-state index in [0.717, 1.165) is 25.4 Å². The maximum absolute atomic E-state index is 11.4. The maximum atomic E-state index is 11.4. The fraction of sp³-hybridized carbons (Fsp3) is 0.909. The smallest absolute Gasteiger partial charge is 0.246 e. The van der Waals surface area contributed by atoms with Crippen LogP contribution in [0.25, 0.3) is 0 Å². The third kappa shape index (κ3) is 3.80. The van der Waals surface area contributed by atoms with Gasteiger partial charge in [0.25, 0.3) is 0 Å². The Morgan fingerprint density at radius 3 is 2.80 bits per heavy atom. The van der Waals surface area contributed by atoms with Crippen LogP contribution in [0.15, 0.2) is 0 Å². The standard InChI is InChI=1S/C11H20N2O2/c1-8(4-9-2-3-9)13-11(14)7-15-10-5-12-6-10/h8-10,12H,2-7H2,1H3,(H,13,14). The van der Waals surface area contributed by atoms with Gasteiger partial charge in [-0.05, 0) is 19.3 Å². The van der Waals surface area contributed by atoms with E-state index >= 15 is 0 Å². The molecule has 1 saturated carbocycles. The van der Waals surface area contributed by atoms with Crippen molar-refractivity contribution in [2.45, 2.75) is 38.3 Å². The van der Waals surface area contributed by atoms with Crippen LogP contribution in [0.1, 0.15) is 26.2 Å². The van der Waals surface area contributed by atoms with Crippen LogP contribution in [0, 0.1) is 5.92 Å². The second-order valence-corrected chi connectivity index (χ2v) is 4.74. The molecule has 1 atom stereocenters. The van der Waals surface area contributed by atoms with Gasteiger partial charge in [-0.3, -0.25) is 4.79 Å². The lowest BCUT2D eigenvalue weighted by molar-refractivity contribution is -0.129. The lowest BCUT2D eigenvalue weighted by Crippen LogP contribution is -2.50. The molecule has 2 aliphatic rings. The van der Waals surface area contributed by atoms with Crippen LogP contribution in [0.2, 0.25) is 0 Å². The Hall–Kier alpha value is -0.610. The third-order valence-electron chi connectivity index (χ3n) is 2.99. The molecule has 1 heterocycles. The molecule has 0 aromatic heterocycles. The van der Waals surface area contributed by atoms with E-state index in [4.69, 9.17) is 4.74 Å². The van der Waals surface area contributed by atoms with Crippen molar-refractivity contribution in [1.82, 2.24) is 10.6 Å². The van der Waals surface area contributed by atoms with Crippen LogP contribution < -0.4 is 10.6 Å². The van der Waals surface area contributed by atoms with Crippen molar-refractivity contribution in [2.24, 2.45) is 5.92 Å². The highest BCUT2D eigenvalue weighted by atomic mass is 16.5. The van der Waals surface area contributed by atoms with Gasteiger partial charge in [-0.1, -0.05) is 12.8 Å². The summed E-state index contributed by atoms with van der Waals surface area (Å²) in [7, 11) is 0. The van der Waals surface area contributed by atoms with E-state index in [2.05, 4.69) is 17.6 Å². The van der Waals surface area contributed by atoms with Crippen molar-refractivity contribution < 1.29 is 9.53 Å². The highest BCUT2D eigenvalue weighted by Crippen LogP contribution is 2.33. The Balaban J connectivity index is 1.53. The number of hydrogen-bond donors (Lipinski definition) is 2. The second kappa shape index (κ2) is 4.94. The molecule has 2 N–H and O–H groups in total. The van der Waals surface area contributed by atoms with Gasteiger partial charge in [0.05, 0.1) is 6.10 Å². The molecule has 0 aromatic rings. The summed E-state index contributed by atoms with van der Waals surface area (Å²) >= 11 is 0. The van der Waals surface area contributed by atoms with Crippen molar-refractivity contribution >= 4 is 5.91 Å². The Labute approximate surface area is 90.8 Å². The van der Waals surface area contributed by atoms with Crippen LogP contribution in [0.5, 0.6) is 0 Å². The van der Waals surface area contributed by atoms with Gasteiger partial charge >= 0.3 is 0 Å². The van der Waals surface area contributed by atoms with Crippen LogP contribution in [0.3, 0.4) is 0 Å². The Morgan fingerprint density at radius 1 is 1.53 bits per heavy atom. The molecule has 1 aliphatic heterocycles. The first-order valence-electron chi connectivity index (χ1n) is 5.85. The summed E-state index contributed by atoms with van der Waals surface area (Å²) in [6.45, 7) is 4.04. The number of nitrogens with one attached hydrogen (secondary N) is 2. The van der Waals surface area contributed by atoms with Crippen LogP contribution in [-0.4, -0.2) is 37.7 Å². The van der Waals surface area contributed by atoms with E-state index < -0.39 is 0 Å². The quantitative estimate of drug-likeness (QED) is 0.665. The molecule has 0 spiro atoms. The Bertz CT molecular complexity index is 225. The van der Waals surface area contributed by atoms with Gasteiger partial charge in [0.15, 0.2) is 0 Å². The van der Waals surface area contributed by atoms with Gasteiger partial charge in [-0.2, -0.15) is 0 Å². The molecule has 0 radical (unpaired) electrons. The summed E-state index contributed by atoms with van der Waals surface area (Å²) in [6.07, 6.45) is 4.04. The number of rotatable bonds is 6. The normalized spacial score (nSPS) is 23.3. The van der Waals surface area contributed by atoms with Crippen LogP contribution in [-0.2, 0) is 9.53 Å². The minimum Gasteiger partial charge on any atom is -0.366 e. The van der Waals surface area contributed by atoms with Crippen LogP contribution in [0.4, 0.5) is 0 Å². The molecule has 2 rings (SSSR count). The van der Waals surface area contributed by atoms with Gasteiger partial charge < -0.3 is 15.4 Å². The highest BCUT2D eigenvalue weighted by molar-refractivity contribution is 5.77. The number of carbonyl (C=O) groups is 1. The molecule has 2 fully saturated rings. The molecule has 1 unspecified atom stereocenters. The fourth-order valence-electron chi connectivity index (χ4n) is 1.80. The van der Waals surface area contributed by atoms with E-state index in [1.807, 2.05) is 0 Å². The summed E-state index contributed by atoms with van der Waals surface area (Å²) in [5.74, 6) is 0.882. The van der Waals surface area contributed by atoms with E-state index in [1.54, 1.807) is 0 Å². The first kappa shape index (κ1) is 10.9. The molecule has 1 amide bonds. The second-order valence-electron chi connectivity index (χ2n) is 4.74. The summed E-state index contributed by atoms with van der Waals surface area (Å²) in [6, 6.07) is 0.299. The molecule has 1 saturated heterocycles. The molecular formula is C11H20N2O2. The molecule has 86 valence electrons. The molecule has 15 heavy (non-hydrogen) atoms. The molecular weight excluding hydrogens is 192 g/mol. The Kier molecular flexibility index (Phi) is 3.59. The molecule has 4 heteroatoms. The van der Waals surface area contributed by atoms with Crippen LogP contribution >= 0.6 is 0 Å². The van der Waals surface area contributed by atoms with E-state index in [9.17, 15) is 4.79 Å². The SMILES string of the molecule is CC(CC1CC1)NC(=O)COC1CNC1. The summed E-state index contributed by atoms with van der Waals surface area (Å²) in [4.78, 5) is 11.4. The van der Waals surface area contributed by atoms with Crippen molar-refractivity contribution in [3.8, 4) is 0 Å². The van der Waals surface area contributed by atoms with Gasteiger partial charge in [0.2, 0.25) is 5.91 Å². The van der Waals surface area contributed by atoms with Gasteiger partial charge in [-0.15, -0.1) is 0 Å². The van der Waals surface area contributed by atoms with Crippen molar-refractivity contribution in [1.29, 1.82) is 0 Å². The minimum absolute atomic E-state index is 0.0232. The predicted octanol–water partition coefficient (Wildman–Crippen LogP) is 0.280. The lowest BCUT2D eigenvalue weighted by Gasteiger charge is -2.27. The van der Waals surface area contributed by atoms with E-state index in [1.165, 1.54) is 12.8 Å². The van der Waals surface area contributed by atoms with E-state index in [0.29, 0.717) is 6.04 Å². The third-order valence-corrected chi connectivity index (χ3v) is 2.99. The predicted molar refractivity (Wildman–Crippen MR) is 57.6 cm³/mol. The largest absolute Gasteiger partial charge is 0.366 e. The minimum atomic E-state index is 0.0232. The summed E-state index contributed by atoms with van der Waals surface area (Å²) < 4.78 is 5.39. The highest BCUT2D eigenvalue weighted by Gasteiger charge is 2.24. The number of carbonyl (C=O) groups excluding carboxylic acids is 1. The van der Waals surface area contributed by atoms with Gasteiger partial charge in [0.1, 0.15) is 6.61 Å². The summed E-state index contributed by atoms with van der Waals surface area (Å²) in [5.41, 5.74) is 0. The van der Waals surface area contributed by atoms with Crippen molar-refractivity contribution in [3.05, 3.63) is 0 Å².